The number of anilines is 1. The molecule has 0 aliphatic rings. The van der Waals surface area contributed by atoms with Gasteiger partial charge in [0.1, 0.15) is 11.3 Å². The Bertz CT molecular complexity index is 1140. The number of carbonyl (C=O) groups excluding carboxylic acids is 1. The SMILES string of the molecule is CCOC(=O)c1cnn(-c2ccc(/C(N)=C/N(N)c3cccc(O)c3)cc2)c1C(F)(F)F. The molecule has 8 nitrogen and oxygen atoms in total. The van der Waals surface area contributed by atoms with E-state index in [1.807, 2.05) is 0 Å². The standard InChI is InChI=1S/C21H20F3N5O3/c1-2-32-20(31)17-11-27-29(19(17)21(22,23)24)14-8-6-13(7-9-14)18(25)12-28(26)15-4-3-5-16(30)10-15/h3-12,30H,2,25-26H2,1H3/b18-12-. The highest BCUT2D eigenvalue weighted by atomic mass is 19.4. The van der Waals surface area contributed by atoms with E-state index in [-0.39, 0.29) is 23.7 Å². The largest absolute Gasteiger partial charge is 0.508 e. The van der Waals surface area contributed by atoms with Crippen LogP contribution >= 0.6 is 0 Å². The molecule has 1 aromatic heterocycles. The van der Waals surface area contributed by atoms with Crippen molar-refractivity contribution in [2.45, 2.75) is 13.1 Å². The fourth-order valence-corrected chi connectivity index (χ4v) is 2.92. The normalized spacial score (nSPS) is 12.0. The molecule has 0 bridgehead atoms. The average molecular weight is 447 g/mol. The van der Waals surface area contributed by atoms with Crippen LogP contribution in [-0.2, 0) is 10.9 Å². The summed E-state index contributed by atoms with van der Waals surface area (Å²) in [5.74, 6) is 4.85. The molecule has 11 heteroatoms. The lowest BCUT2D eigenvalue weighted by atomic mass is 10.1. The van der Waals surface area contributed by atoms with Crippen molar-refractivity contribution in [1.82, 2.24) is 9.78 Å². The van der Waals surface area contributed by atoms with Gasteiger partial charge in [0.2, 0.25) is 0 Å². The van der Waals surface area contributed by atoms with Crippen molar-refractivity contribution in [3.63, 3.8) is 0 Å². The van der Waals surface area contributed by atoms with E-state index in [0.717, 1.165) is 6.20 Å². The molecule has 0 aliphatic carbocycles. The van der Waals surface area contributed by atoms with E-state index >= 15 is 0 Å². The van der Waals surface area contributed by atoms with Crippen molar-refractivity contribution in [3.05, 3.63) is 77.7 Å². The number of aromatic hydroxyl groups is 1. The number of alkyl halides is 3. The van der Waals surface area contributed by atoms with Crippen LogP contribution in [0.15, 0.2) is 60.9 Å². The third kappa shape index (κ3) is 4.83. The maximum Gasteiger partial charge on any atom is 0.434 e. The van der Waals surface area contributed by atoms with E-state index in [2.05, 4.69) is 5.10 Å². The summed E-state index contributed by atoms with van der Waals surface area (Å²) in [4.78, 5) is 11.9. The second-order valence-corrected chi connectivity index (χ2v) is 6.60. The van der Waals surface area contributed by atoms with E-state index in [1.165, 1.54) is 54.5 Å². The number of halogens is 3. The first-order chi connectivity index (χ1) is 15.1. The summed E-state index contributed by atoms with van der Waals surface area (Å²) in [5.41, 5.74) is 5.40. The van der Waals surface area contributed by atoms with Crippen LogP contribution in [0.3, 0.4) is 0 Å². The number of aromatic nitrogens is 2. The third-order valence-corrected chi connectivity index (χ3v) is 4.38. The summed E-state index contributed by atoms with van der Waals surface area (Å²) in [5, 5.41) is 14.5. The lowest BCUT2D eigenvalue weighted by molar-refractivity contribution is -0.143. The van der Waals surface area contributed by atoms with Crippen LogP contribution in [0.4, 0.5) is 18.9 Å². The summed E-state index contributed by atoms with van der Waals surface area (Å²) in [6.45, 7) is 1.43. The topological polar surface area (TPSA) is 120 Å². The number of esters is 1. The van der Waals surface area contributed by atoms with Gasteiger partial charge >= 0.3 is 12.1 Å². The predicted molar refractivity (Wildman–Crippen MR) is 111 cm³/mol. The van der Waals surface area contributed by atoms with E-state index in [4.69, 9.17) is 16.3 Å². The third-order valence-electron chi connectivity index (χ3n) is 4.38. The van der Waals surface area contributed by atoms with E-state index in [9.17, 15) is 23.1 Å². The highest BCUT2D eigenvalue weighted by molar-refractivity contribution is 5.90. The molecule has 0 aliphatic heterocycles. The van der Waals surface area contributed by atoms with Crippen molar-refractivity contribution in [3.8, 4) is 11.4 Å². The molecule has 0 unspecified atom stereocenters. The minimum Gasteiger partial charge on any atom is -0.508 e. The van der Waals surface area contributed by atoms with E-state index < -0.39 is 23.4 Å². The molecule has 3 rings (SSSR count). The minimum atomic E-state index is -4.84. The number of benzene rings is 2. The smallest absolute Gasteiger partial charge is 0.434 e. The first-order valence-corrected chi connectivity index (χ1v) is 9.35. The van der Waals surface area contributed by atoms with Crippen molar-refractivity contribution in [2.75, 3.05) is 11.6 Å². The van der Waals surface area contributed by atoms with Crippen molar-refractivity contribution >= 4 is 17.4 Å². The Morgan fingerprint density at radius 2 is 1.94 bits per heavy atom. The molecule has 1 heterocycles. The first kappa shape index (κ1) is 22.7. The van der Waals surface area contributed by atoms with Gasteiger partial charge in [-0.2, -0.15) is 18.3 Å². The van der Waals surface area contributed by atoms with Crippen LogP contribution in [0.5, 0.6) is 5.75 Å². The number of carbonyl (C=O) groups is 1. The zero-order chi connectivity index (χ0) is 23.5. The zero-order valence-electron chi connectivity index (χ0n) is 16.9. The van der Waals surface area contributed by atoms with Crippen LogP contribution in [0, 0.1) is 0 Å². The van der Waals surface area contributed by atoms with Crippen LogP contribution in [0.2, 0.25) is 0 Å². The molecule has 32 heavy (non-hydrogen) atoms. The van der Waals surface area contributed by atoms with Gasteiger partial charge in [-0.15, -0.1) is 0 Å². The van der Waals surface area contributed by atoms with Gasteiger partial charge in [0.15, 0.2) is 5.69 Å². The Morgan fingerprint density at radius 1 is 1.25 bits per heavy atom. The van der Waals surface area contributed by atoms with Crippen molar-refractivity contribution < 1.29 is 27.8 Å². The highest BCUT2D eigenvalue weighted by Gasteiger charge is 2.41. The number of hydrogen-bond acceptors (Lipinski definition) is 7. The Labute approximate surface area is 181 Å². The Balaban J connectivity index is 1.91. The second-order valence-electron chi connectivity index (χ2n) is 6.60. The van der Waals surface area contributed by atoms with Gasteiger partial charge in [-0.05, 0) is 36.8 Å². The minimum absolute atomic E-state index is 0.0242. The fraction of sp³-hybridized carbons (Fsp3) is 0.143. The molecule has 0 amide bonds. The molecule has 0 spiro atoms. The van der Waals surface area contributed by atoms with Crippen molar-refractivity contribution in [1.29, 1.82) is 0 Å². The molecule has 0 saturated heterocycles. The summed E-state index contributed by atoms with van der Waals surface area (Å²) >= 11 is 0. The Hall–Kier alpha value is -3.99. The molecular formula is C21H20F3N5O3. The van der Waals surface area contributed by atoms with Crippen molar-refractivity contribution in [2.24, 2.45) is 11.6 Å². The predicted octanol–water partition coefficient (Wildman–Crippen LogP) is 3.41. The van der Waals surface area contributed by atoms with Gasteiger partial charge in [0.05, 0.1) is 29.9 Å². The number of hydrazine groups is 1. The number of nitrogens with two attached hydrogens (primary N) is 2. The Kier molecular flexibility index (Phi) is 6.40. The molecule has 0 radical (unpaired) electrons. The number of rotatable bonds is 6. The zero-order valence-corrected chi connectivity index (χ0v) is 16.9. The van der Waals surface area contributed by atoms with Crippen LogP contribution in [0.1, 0.15) is 28.5 Å². The number of ether oxygens (including phenoxy) is 1. The molecule has 5 N–H and O–H groups in total. The van der Waals surface area contributed by atoms with Gasteiger partial charge < -0.3 is 15.6 Å². The summed E-state index contributed by atoms with van der Waals surface area (Å²) < 4.78 is 46.2. The van der Waals surface area contributed by atoms with E-state index in [1.54, 1.807) is 12.1 Å². The van der Waals surface area contributed by atoms with Crippen LogP contribution in [0.25, 0.3) is 11.4 Å². The quantitative estimate of drug-likeness (QED) is 0.301. The molecule has 0 atom stereocenters. The average Bonchev–Trinajstić information content (AvgIpc) is 3.20. The first-order valence-electron chi connectivity index (χ1n) is 9.35. The number of phenolic OH excluding ortho intramolecular Hbond substituents is 1. The maximum absolute atomic E-state index is 13.6. The monoisotopic (exact) mass is 447 g/mol. The summed E-state index contributed by atoms with van der Waals surface area (Å²) in [6.07, 6.45) is -2.61. The number of nitrogens with zero attached hydrogens (tertiary/aromatic N) is 3. The lowest BCUT2D eigenvalue weighted by Gasteiger charge is -2.16. The molecule has 3 aromatic rings. The van der Waals surface area contributed by atoms with Gasteiger partial charge in [-0.25, -0.2) is 15.3 Å². The lowest BCUT2D eigenvalue weighted by Crippen LogP contribution is -2.25. The molecule has 0 fully saturated rings. The van der Waals surface area contributed by atoms with Crippen LogP contribution < -0.4 is 16.6 Å². The van der Waals surface area contributed by atoms with Gasteiger partial charge in [-0.3, -0.25) is 5.01 Å². The van der Waals surface area contributed by atoms with Gasteiger partial charge in [0, 0.05) is 12.3 Å². The summed E-state index contributed by atoms with van der Waals surface area (Å²) in [6, 6.07) is 11.9. The molecular weight excluding hydrogens is 427 g/mol. The van der Waals surface area contributed by atoms with Gasteiger partial charge in [-0.1, -0.05) is 18.2 Å². The van der Waals surface area contributed by atoms with Crippen LogP contribution in [-0.4, -0.2) is 27.5 Å². The fourth-order valence-electron chi connectivity index (χ4n) is 2.92. The van der Waals surface area contributed by atoms with E-state index in [0.29, 0.717) is 15.9 Å². The highest BCUT2D eigenvalue weighted by Crippen LogP contribution is 2.34. The number of phenols is 1. The number of hydrogen-bond donors (Lipinski definition) is 3. The molecule has 0 saturated carbocycles. The second kappa shape index (κ2) is 9.02. The molecule has 2 aromatic carbocycles. The maximum atomic E-state index is 13.6. The molecule has 168 valence electrons. The summed E-state index contributed by atoms with van der Waals surface area (Å²) in [7, 11) is 0. The Morgan fingerprint density at radius 3 is 2.53 bits per heavy atom. The van der Waals surface area contributed by atoms with Gasteiger partial charge in [0.25, 0.3) is 0 Å².